The number of carbonyl (C=O) groups is 1. The summed E-state index contributed by atoms with van der Waals surface area (Å²) in [5.41, 5.74) is 0.278. The Balaban J connectivity index is 2.12. The third kappa shape index (κ3) is 4.81. The van der Waals surface area contributed by atoms with E-state index in [9.17, 15) is 28.4 Å². The van der Waals surface area contributed by atoms with E-state index in [2.05, 4.69) is 17.4 Å². The molecule has 8 nitrogen and oxygen atoms in total. The van der Waals surface area contributed by atoms with Gasteiger partial charge >= 0.3 is 5.97 Å². The van der Waals surface area contributed by atoms with Crippen molar-refractivity contribution < 1.29 is 23.2 Å². The van der Waals surface area contributed by atoms with Gasteiger partial charge in [0.2, 0.25) is 10.0 Å². The average Bonchev–Trinajstić information content (AvgIpc) is 2.61. The molecule has 0 heterocycles. The molecule has 0 saturated heterocycles. The highest BCUT2D eigenvalue weighted by Crippen LogP contribution is 2.24. The van der Waals surface area contributed by atoms with Crippen molar-refractivity contribution in [2.75, 3.05) is 6.54 Å². The summed E-state index contributed by atoms with van der Waals surface area (Å²) in [5.74, 6) is -2.12. The predicted octanol–water partition coefficient (Wildman–Crippen LogP) is 2.04. The second-order valence-corrected chi connectivity index (χ2v) is 7.83. The minimum atomic E-state index is -3.95. The summed E-state index contributed by atoms with van der Waals surface area (Å²) in [5, 5.41) is 19.2. The SMILES string of the molecule is O=C(O)C(c1ccccc1)C(S)CNS(=O)(=O)c1ccc([N+](=O)[O-])cc1. The zero-order chi connectivity index (χ0) is 19.3. The van der Waals surface area contributed by atoms with Gasteiger partial charge in [0.25, 0.3) is 5.69 Å². The largest absolute Gasteiger partial charge is 0.481 e. The molecule has 2 unspecified atom stereocenters. The lowest BCUT2D eigenvalue weighted by Gasteiger charge is -2.20. The van der Waals surface area contributed by atoms with Gasteiger partial charge < -0.3 is 5.11 Å². The lowest BCUT2D eigenvalue weighted by molar-refractivity contribution is -0.384. The van der Waals surface area contributed by atoms with Crippen LogP contribution in [0.3, 0.4) is 0 Å². The summed E-state index contributed by atoms with van der Waals surface area (Å²) in [6.45, 7) is -0.228. The summed E-state index contributed by atoms with van der Waals surface area (Å²) < 4.78 is 26.9. The molecule has 2 N–H and O–H groups in total. The molecule has 0 aliphatic heterocycles. The number of nitrogens with one attached hydrogen (secondary N) is 1. The van der Waals surface area contributed by atoms with Crippen LogP contribution >= 0.6 is 12.6 Å². The molecule has 0 fully saturated rings. The van der Waals surface area contributed by atoms with E-state index < -0.39 is 32.1 Å². The summed E-state index contributed by atoms with van der Waals surface area (Å²) in [6.07, 6.45) is 0. The number of carboxylic acids is 1. The van der Waals surface area contributed by atoms with Crippen LogP contribution in [-0.2, 0) is 14.8 Å². The molecule has 2 rings (SSSR count). The highest BCUT2D eigenvalue weighted by molar-refractivity contribution is 7.89. The Morgan fingerprint density at radius 1 is 1.15 bits per heavy atom. The van der Waals surface area contributed by atoms with Crippen molar-refractivity contribution in [3.63, 3.8) is 0 Å². The number of hydrogen-bond acceptors (Lipinski definition) is 6. The molecular weight excluding hydrogens is 380 g/mol. The average molecular weight is 396 g/mol. The van der Waals surface area contributed by atoms with E-state index in [-0.39, 0.29) is 17.1 Å². The van der Waals surface area contributed by atoms with Gasteiger partial charge in [0.15, 0.2) is 0 Å². The predicted molar refractivity (Wildman–Crippen MR) is 97.9 cm³/mol. The highest BCUT2D eigenvalue weighted by Gasteiger charge is 2.28. The number of nitro benzene ring substituents is 1. The van der Waals surface area contributed by atoms with Crippen LogP contribution in [-0.4, -0.2) is 36.2 Å². The Morgan fingerprint density at radius 2 is 1.73 bits per heavy atom. The van der Waals surface area contributed by atoms with Gasteiger partial charge in [0.1, 0.15) is 0 Å². The maximum atomic E-state index is 12.3. The molecule has 0 amide bonds. The van der Waals surface area contributed by atoms with Gasteiger partial charge in [-0.25, -0.2) is 13.1 Å². The number of sulfonamides is 1. The van der Waals surface area contributed by atoms with Gasteiger partial charge in [-0.15, -0.1) is 0 Å². The number of thiol groups is 1. The molecule has 2 aromatic rings. The van der Waals surface area contributed by atoms with Crippen molar-refractivity contribution in [3.8, 4) is 0 Å². The number of hydrogen-bond donors (Lipinski definition) is 3. The lowest BCUT2D eigenvalue weighted by Crippen LogP contribution is -2.35. The minimum absolute atomic E-state index is 0.157. The van der Waals surface area contributed by atoms with Gasteiger partial charge in [-0.2, -0.15) is 12.6 Å². The van der Waals surface area contributed by atoms with E-state index in [0.29, 0.717) is 5.56 Å². The first-order valence-corrected chi connectivity index (χ1v) is 9.42. The van der Waals surface area contributed by atoms with E-state index in [1.165, 1.54) is 0 Å². The molecule has 2 aromatic carbocycles. The molecule has 2 atom stereocenters. The molecule has 0 aliphatic rings. The van der Waals surface area contributed by atoms with Gasteiger partial charge in [-0.1, -0.05) is 30.3 Å². The molecule has 26 heavy (non-hydrogen) atoms. The summed E-state index contributed by atoms with van der Waals surface area (Å²) >= 11 is 4.25. The number of benzene rings is 2. The number of carboxylic acid groups (broad SMARTS) is 1. The number of rotatable bonds is 8. The molecule has 0 bridgehead atoms. The highest BCUT2D eigenvalue weighted by atomic mass is 32.2. The van der Waals surface area contributed by atoms with Crippen molar-refractivity contribution in [2.24, 2.45) is 0 Å². The van der Waals surface area contributed by atoms with Crippen LogP contribution in [0.2, 0.25) is 0 Å². The molecule has 0 radical (unpaired) electrons. The summed E-state index contributed by atoms with van der Waals surface area (Å²) in [6, 6.07) is 12.8. The number of nitro groups is 1. The number of nitrogens with zero attached hydrogens (tertiary/aromatic N) is 1. The maximum absolute atomic E-state index is 12.3. The smallest absolute Gasteiger partial charge is 0.312 e. The van der Waals surface area contributed by atoms with Crippen LogP contribution in [0, 0.1) is 10.1 Å². The van der Waals surface area contributed by atoms with E-state index in [1.54, 1.807) is 30.3 Å². The van der Waals surface area contributed by atoms with E-state index in [4.69, 9.17) is 0 Å². The van der Waals surface area contributed by atoms with Crippen molar-refractivity contribution in [1.29, 1.82) is 0 Å². The molecular formula is C16H16N2O6S2. The van der Waals surface area contributed by atoms with E-state index in [0.717, 1.165) is 24.3 Å². The van der Waals surface area contributed by atoms with Gasteiger partial charge in [0.05, 0.1) is 15.7 Å². The monoisotopic (exact) mass is 396 g/mol. The van der Waals surface area contributed by atoms with Crippen LogP contribution in [0.25, 0.3) is 0 Å². The van der Waals surface area contributed by atoms with Crippen LogP contribution in [0.1, 0.15) is 11.5 Å². The molecule has 10 heteroatoms. The Kier molecular flexibility index (Phi) is 6.35. The topological polar surface area (TPSA) is 127 Å². The lowest BCUT2D eigenvalue weighted by atomic mass is 9.95. The van der Waals surface area contributed by atoms with Crippen molar-refractivity contribution in [2.45, 2.75) is 16.1 Å². The quantitative estimate of drug-likeness (QED) is 0.356. The fourth-order valence-electron chi connectivity index (χ4n) is 2.33. The van der Waals surface area contributed by atoms with Crippen molar-refractivity contribution >= 4 is 34.3 Å². The number of non-ortho nitro benzene ring substituents is 1. The van der Waals surface area contributed by atoms with Crippen LogP contribution in [0.5, 0.6) is 0 Å². The fourth-order valence-corrected chi connectivity index (χ4v) is 3.91. The number of aliphatic carboxylic acids is 1. The van der Waals surface area contributed by atoms with Crippen molar-refractivity contribution in [3.05, 3.63) is 70.3 Å². The molecule has 0 spiro atoms. The summed E-state index contributed by atoms with van der Waals surface area (Å²) in [4.78, 5) is 21.4. The molecule has 0 aromatic heterocycles. The zero-order valence-electron chi connectivity index (χ0n) is 13.3. The normalized spacial score (nSPS) is 13.7. The van der Waals surface area contributed by atoms with Crippen LogP contribution < -0.4 is 4.72 Å². The third-order valence-corrected chi connectivity index (χ3v) is 5.57. The molecule has 0 saturated carbocycles. The minimum Gasteiger partial charge on any atom is -0.481 e. The Hall–Kier alpha value is -2.43. The van der Waals surface area contributed by atoms with Crippen LogP contribution in [0.4, 0.5) is 5.69 Å². The van der Waals surface area contributed by atoms with Gasteiger partial charge in [0, 0.05) is 23.9 Å². The Bertz CT molecular complexity index is 885. The first-order chi connectivity index (χ1) is 12.2. The van der Waals surface area contributed by atoms with E-state index >= 15 is 0 Å². The third-order valence-electron chi connectivity index (χ3n) is 3.65. The van der Waals surface area contributed by atoms with Gasteiger partial charge in [-0.05, 0) is 17.7 Å². The summed E-state index contributed by atoms with van der Waals surface area (Å²) in [7, 11) is -3.95. The Morgan fingerprint density at radius 3 is 2.23 bits per heavy atom. The standard InChI is InChI=1S/C16H16N2O6S2/c19-16(20)15(11-4-2-1-3-5-11)14(25)10-17-26(23,24)13-8-6-12(7-9-13)18(21)22/h1-9,14-15,17,25H,10H2,(H,19,20). The zero-order valence-corrected chi connectivity index (χ0v) is 15.1. The first kappa shape index (κ1) is 19.9. The van der Waals surface area contributed by atoms with Crippen molar-refractivity contribution in [1.82, 2.24) is 4.72 Å². The second-order valence-electron chi connectivity index (χ2n) is 5.40. The first-order valence-electron chi connectivity index (χ1n) is 7.42. The van der Waals surface area contributed by atoms with Gasteiger partial charge in [-0.3, -0.25) is 14.9 Å². The molecule has 0 aliphatic carbocycles. The Labute approximate surface area is 155 Å². The van der Waals surface area contributed by atoms with E-state index in [1.807, 2.05) is 0 Å². The molecule has 138 valence electrons. The van der Waals surface area contributed by atoms with Crippen LogP contribution in [0.15, 0.2) is 59.5 Å². The fraction of sp³-hybridized carbons (Fsp3) is 0.188. The maximum Gasteiger partial charge on any atom is 0.312 e. The second kappa shape index (κ2) is 8.30.